The largest absolute Gasteiger partial charge is 0.463 e. The minimum absolute atomic E-state index is 0.184. The van der Waals surface area contributed by atoms with E-state index >= 15 is 0 Å². The van der Waals surface area contributed by atoms with Gasteiger partial charge in [-0.2, -0.15) is 9.97 Å². The van der Waals surface area contributed by atoms with Crippen molar-refractivity contribution in [2.45, 2.75) is 45.7 Å². The van der Waals surface area contributed by atoms with Crippen LogP contribution in [0.3, 0.4) is 0 Å². The fourth-order valence-electron chi connectivity index (χ4n) is 5.06. The standard InChI is InChI=1S/C26H39N7O2/c1-4-5-14-35-25-29-23(27)22(28-2)24(30-25)33(19-34)16-21-8-6-20(7-9-21)15-32-17-26(18-32)10-12-31(3)13-11-26/h6-9,19,28H,4-5,10-18H2,1-3H3,(H2,27,29,30). The summed E-state index contributed by atoms with van der Waals surface area (Å²) >= 11 is 0. The maximum atomic E-state index is 12.0. The van der Waals surface area contributed by atoms with Gasteiger partial charge in [-0.15, -0.1) is 0 Å². The average molecular weight is 482 g/mol. The van der Waals surface area contributed by atoms with Gasteiger partial charge in [-0.05, 0) is 55.9 Å². The van der Waals surface area contributed by atoms with E-state index in [1.165, 1.54) is 49.5 Å². The molecule has 0 atom stereocenters. The number of nitrogen functional groups attached to an aromatic ring is 1. The molecule has 2 aliphatic rings. The topological polar surface area (TPSA) is 99.8 Å². The monoisotopic (exact) mass is 481 g/mol. The Morgan fingerprint density at radius 3 is 2.49 bits per heavy atom. The van der Waals surface area contributed by atoms with E-state index in [0.29, 0.717) is 30.1 Å². The minimum Gasteiger partial charge on any atom is -0.463 e. The fraction of sp³-hybridized carbons (Fsp3) is 0.577. The van der Waals surface area contributed by atoms with Gasteiger partial charge in [0.15, 0.2) is 11.6 Å². The van der Waals surface area contributed by atoms with Gasteiger partial charge in [-0.1, -0.05) is 37.6 Å². The second-order valence-electron chi connectivity index (χ2n) is 10.0. The quantitative estimate of drug-likeness (QED) is 0.373. The zero-order valence-corrected chi connectivity index (χ0v) is 21.3. The highest BCUT2D eigenvalue weighted by Gasteiger charge is 2.43. The van der Waals surface area contributed by atoms with Crippen molar-refractivity contribution in [3.05, 3.63) is 35.4 Å². The molecule has 1 aromatic heterocycles. The third-order valence-corrected chi connectivity index (χ3v) is 7.22. The molecule has 2 aromatic rings. The predicted octanol–water partition coefficient (Wildman–Crippen LogP) is 2.97. The van der Waals surface area contributed by atoms with Gasteiger partial charge in [0.25, 0.3) is 0 Å². The Balaban J connectivity index is 1.38. The number of unbranched alkanes of at least 4 members (excludes halogenated alkanes) is 1. The van der Waals surface area contributed by atoms with Gasteiger partial charge in [0.05, 0.1) is 13.2 Å². The number of hydrogen-bond donors (Lipinski definition) is 2. The van der Waals surface area contributed by atoms with E-state index in [2.05, 4.69) is 63.3 Å². The molecule has 2 saturated heterocycles. The van der Waals surface area contributed by atoms with Crippen molar-refractivity contribution in [3.8, 4) is 6.01 Å². The van der Waals surface area contributed by atoms with Crippen LogP contribution in [0.1, 0.15) is 43.7 Å². The summed E-state index contributed by atoms with van der Waals surface area (Å²) in [5.41, 5.74) is 9.49. The number of nitrogens with one attached hydrogen (secondary N) is 1. The zero-order valence-electron chi connectivity index (χ0n) is 21.3. The first-order valence-electron chi connectivity index (χ1n) is 12.6. The first kappa shape index (κ1) is 25.2. The summed E-state index contributed by atoms with van der Waals surface area (Å²) in [5.74, 6) is 0.665. The second kappa shape index (κ2) is 11.2. The summed E-state index contributed by atoms with van der Waals surface area (Å²) in [4.78, 5) is 27.2. The minimum atomic E-state index is 0.184. The van der Waals surface area contributed by atoms with E-state index in [1.54, 1.807) is 7.05 Å². The molecule has 9 nitrogen and oxygen atoms in total. The van der Waals surface area contributed by atoms with E-state index in [9.17, 15) is 4.79 Å². The van der Waals surface area contributed by atoms with Crippen molar-refractivity contribution in [1.29, 1.82) is 0 Å². The molecule has 3 N–H and O–H groups in total. The molecule has 3 heterocycles. The molecular formula is C26H39N7O2. The number of ether oxygens (including phenoxy) is 1. The molecule has 0 saturated carbocycles. The van der Waals surface area contributed by atoms with Gasteiger partial charge in [-0.25, -0.2) is 0 Å². The third kappa shape index (κ3) is 6.02. The van der Waals surface area contributed by atoms with Crippen molar-refractivity contribution < 1.29 is 9.53 Å². The van der Waals surface area contributed by atoms with E-state index in [-0.39, 0.29) is 11.8 Å². The molecule has 2 aliphatic heterocycles. The van der Waals surface area contributed by atoms with Crippen LogP contribution in [0.2, 0.25) is 0 Å². The van der Waals surface area contributed by atoms with Crippen LogP contribution in [0.5, 0.6) is 6.01 Å². The van der Waals surface area contributed by atoms with E-state index in [4.69, 9.17) is 10.5 Å². The number of rotatable bonds is 11. The van der Waals surface area contributed by atoms with Crippen LogP contribution in [0.25, 0.3) is 0 Å². The number of likely N-dealkylation sites (tertiary alicyclic amines) is 2. The third-order valence-electron chi connectivity index (χ3n) is 7.22. The van der Waals surface area contributed by atoms with Crippen LogP contribution in [0.4, 0.5) is 17.3 Å². The summed E-state index contributed by atoms with van der Waals surface area (Å²) in [6, 6.07) is 8.66. The van der Waals surface area contributed by atoms with E-state index in [1.807, 2.05) is 0 Å². The van der Waals surface area contributed by atoms with Crippen molar-refractivity contribution in [3.63, 3.8) is 0 Å². The molecule has 1 spiro atoms. The molecule has 2 fully saturated rings. The van der Waals surface area contributed by atoms with Gasteiger partial charge >= 0.3 is 6.01 Å². The number of nitrogens with zero attached hydrogens (tertiary/aromatic N) is 5. The number of benzene rings is 1. The molecule has 9 heteroatoms. The molecule has 4 rings (SSSR count). The number of carbonyl (C=O) groups is 1. The zero-order chi connectivity index (χ0) is 24.8. The lowest BCUT2D eigenvalue weighted by atomic mass is 9.72. The molecule has 1 aromatic carbocycles. The van der Waals surface area contributed by atoms with Gasteiger partial charge in [0.2, 0.25) is 6.41 Å². The van der Waals surface area contributed by atoms with Crippen LogP contribution in [0, 0.1) is 5.41 Å². The number of hydrogen-bond acceptors (Lipinski definition) is 8. The Morgan fingerprint density at radius 1 is 1.17 bits per heavy atom. The lowest BCUT2D eigenvalue weighted by molar-refractivity contribution is -0.107. The number of anilines is 3. The molecule has 0 aliphatic carbocycles. The maximum Gasteiger partial charge on any atom is 0.320 e. The van der Waals surface area contributed by atoms with Crippen molar-refractivity contribution in [2.75, 3.05) is 62.8 Å². The van der Waals surface area contributed by atoms with Crippen molar-refractivity contribution >= 4 is 23.7 Å². The van der Waals surface area contributed by atoms with Gasteiger partial charge in [0.1, 0.15) is 5.69 Å². The molecule has 190 valence electrons. The van der Waals surface area contributed by atoms with E-state index in [0.717, 1.165) is 31.4 Å². The van der Waals surface area contributed by atoms with Crippen LogP contribution in [0.15, 0.2) is 24.3 Å². The second-order valence-corrected chi connectivity index (χ2v) is 10.0. The highest BCUT2D eigenvalue weighted by Crippen LogP contribution is 2.40. The smallest absolute Gasteiger partial charge is 0.320 e. The first-order valence-corrected chi connectivity index (χ1v) is 12.6. The number of carbonyl (C=O) groups excluding carboxylic acids is 1. The molecule has 1 amide bonds. The lowest BCUT2D eigenvalue weighted by Crippen LogP contribution is -2.59. The Morgan fingerprint density at radius 2 is 1.86 bits per heavy atom. The number of amides is 1. The summed E-state index contributed by atoms with van der Waals surface area (Å²) in [6.45, 7) is 8.78. The van der Waals surface area contributed by atoms with Crippen molar-refractivity contribution in [2.24, 2.45) is 5.41 Å². The van der Waals surface area contributed by atoms with Gasteiger partial charge < -0.3 is 20.7 Å². The van der Waals surface area contributed by atoms with Crippen LogP contribution in [-0.2, 0) is 17.9 Å². The SMILES string of the molecule is CCCCOc1nc(N)c(NC)c(N(C=O)Cc2ccc(CN3CC4(CCN(C)CC4)C3)cc2)n1. The lowest BCUT2D eigenvalue weighted by Gasteiger charge is -2.54. The number of piperidine rings is 1. The molecule has 0 bridgehead atoms. The summed E-state index contributed by atoms with van der Waals surface area (Å²) in [6.07, 6.45) is 5.30. The average Bonchev–Trinajstić information content (AvgIpc) is 2.84. The Bertz CT molecular complexity index is 982. The summed E-state index contributed by atoms with van der Waals surface area (Å²) < 4.78 is 5.65. The number of nitrogens with two attached hydrogens (primary N) is 1. The Kier molecular flexibility index (Phi) is 8.07. The summed E-state index contributed by atoms with van der Waals surface area (Å²) in [7, 11) is 3.95. The maximum absolute atomic E-state index is 12.0. The highest BCUT2D eigenvalue weighted by atomic mass is 16.5. The van der Waals surface area contributed by atoms with Crippen LogP contribution in [-0.4, -0.2) is 73.1 Å². The number of aromatic nitrogens is 2. The Hall–Kier alpha value is -2.91. The van der Waals surface area contributed by atoms with Gasteiger partial charge in [0, 0.05) is 26.7 Å². The van der Waals surface area contributed by atoms with Gasteiger partial charge in [-0.3, -0.25) is 14.6 Å². The molecule has 0 unspecified atom stereocenters. The Labute approximate surface area is 208 Å². The first-order chi connectivity index (χ1) is 16.9. The van der Waals surface area contributed by atoms with Crippen LogP contribution < -0.4 is 20.7 Å². The predicted molar refractivity (Wildman–Crippen MR) is 140 cm³/mol. The van der Waals surface area contributed by atoms with E-state index < -0.39 is 0 Å². The normalized spacial score (nSPS) is 17.7. The van der Waals surface area contributed by atoms with Crippen molar-refractivity contribution in [1.82, 2.24) is 19.8 Å². The fourth-order valence-corrected chi connectivity index (χ4v) is 5.06. The molecule has 35 heavy (non-hydrogen) atoms. The molecule has 0 radical (unpaired) electrons. The summed E-state index contributed by atoms with van der Waals surface area (Å²) in [5, 5.41) is 3.02. The van der Waals surface area contributed by atoms with Crippen LogP contribution >= 0.6 is 0 Å². The molecular weight excluding hydrogens is 442 g/mol. The highest BCUT2D eigenvalue weighted by molar-refractivity contribution is 5.85.